The number of nitriles is 1. The molecule has 0 heterocycles. The fourth-order valence-electron chi connectivity index (χ4n) is 1.31. The Kier molecular flexibility index (Phi) is 4.32. The molecule has 0 bridgehead atoms. The molecule has 0 aromatic heterocycles. The first-order chi connectivity index (χ1) is 7.63. The summed E-state index contributed by atoms with van der Waals surface area (Å²) in [5.41, 5.74) is 1.01. The molecule has 84 valence electrons. The van der Waals surface area contributed by atoms with Crippen molar-refractivity contribution in [2.24, 2.45) is 0 Å². The maximum Gasteiger partial charge on any atom is 0.310 e. The normalized spacial score (nSPS) is 9.38. The summed E-state index contributed by atoms with van der Waals surface area (Å²) in [6.07, 6.45) is 0.0653. The number of carbonyl (C=O) groups excluding carboxylic acids is 1. The second-order valence-corrected chi connectivity index (χ2v) is 3.83. The second-order valence-electron chi connectivity index (χ2n) is 2.97. The molecule has 16 heavy (non-hydrogen) atoms. The molecule has 1 aromatic rings. The highest BCUT2D eigenvalue weighted by Gasteiger charge is 2.16. The van der Waals surface area contributed by atoms with E-state index in [-0.39, 0.29) is 12.4 Å². The van der Waals surface area contributed by atoms with E-state index in [1.165, 1.54) is 14.2 Å². The molecule has 1 aromatic carbocycles. The van der Waals surface area contributed by atoms with Gasteiger partial charge < -0.3 is 9.47 Å². The fourth-order valence-corrected chi connectivity index (χ4v) is 1.76. The summed E-state index contributed by atoms with van der Waals surface area (Å²) in [6, 6.07) is 5.34. The smallest absolute Gasteiger partial charge is 0.310 e. The molecular formula is C11H10BrNO3. The minimum atomic E-state index is -0.380. The minimum Gasteiger partial charge on any atom is -0.495 e. The average Bonchev–Trinajstić information content (AvgIpc) is 2.31. The van der Waals surface area contributed by atoms with Crippen molar-refractivity contribution < 1.29 is 14.3 Å². The number of halogens is 1. The van der Waals surface area contributed by atoms with Crippen LogP contribution < -0.4 is 4.74 Å². The van der Waals surface area contributed by atoms with E-state index >= 15 is 0 Å². The molecule has 0 aliphatic carbocycles. The first-order valence-corrected chi connectivity index (χ1v) is 5.25. The number of nitrogens with zero attached hydrogens (tertiary/aromatic N) is 1. The molecule has 0 amide bonds. The molecule has 0 radical (unpaired) electrons. The summed E-state index contributed by atoms with van der Waals surface area (Å²) in [6.45, 7) is 0. The van der Waals surface area contributed by atoms with Crippen LogP contribution in [0.15, 0.2) is 16.6 Å². The minimum absolute atomic E-state index is 0.0653. The Morgan fingerprint density at radius 3 is 2.69 bits per heavy atom. The Balaban J connectivity index is 3.24. The standard InChI is InChI=1S/C11H10BrNO3/c1-15-10(14)5-8-9(12)4-3-7(6-13)11(8)16-2/h3-4H,5H2,1-2H3. The zero-order valence-corrected chi connectivity index (χ0v) is 10.5. The van der Waals surface area contributed by atoms with Gasteiger partial charge >= 0.3 is 5.97 Å². The molecule has 1 rings (SSSR count). The summed E-state index contributed by atoms with van der Waals surface area (Å²) in [4.78, 5) is 11.2. The van der Waals surface area contributed by atoms with Crippen molar-refractivity contribution in [1.29, 1.82) is 5.26 Å². The molecule has 0 aliphatic rings. The Hall–Kier alpha value is -1.54. The van der Waals surface area contributed by atoms with Crippen molar-refractivity contribution in [2.75, 3.05) is 14.2 Å². The molecule has 0 saturated carbocycles. The lowest BCUT2D eigenvalue weighted by Gasteiger charge is -2.11. The van der Waals surface area contributed by atoms with Gasteiger partial charge in [-0.1, -0.05) is 15.9 Å². The molecule has 0 saturated heterocycles. The van der Waals surface area contributed by atoms with E-state index in [1.807, 2.05) is 6.07 Å². The lowest BCUT2D eigenvalue weighted by atomic mass is 10.1. The molecule has 0 N–H and O–H groups in total. The van der Waals surface area contributed by atoms with Crippen molar-refractivity contribution in [1.82, 2.24) is 0 Å². The van der Waals surface area contributed by atoms with Crippen LogP contribution in [0.2, 0.25) is 0 Å². The number of esters is 1. The fraction of sp³-hybridized carbons (Fsp3) is 0.273. The van der Waals surface area contributed by atoms with Crippen LogP contribution in [0.5, 0.6) is 5.75 Å². The number of rotatable bonds is 3. The third-order valence-electron chi connectivity index (χ3n) is 2.08. The van der Waals surface area contributed by atoms with Crippen LogP contribution in [0, 0.1) is 11.3 Å². The van der Waals surface area contributed by atoms with Crippen LogP contribution in [0.3, 0.4) is 0 Å². The van der Waals surface area contributed by atoms with Gasteiger partial charge in [-0.05, 0) is 12.1 Å². The van der Waals surface area contributed by atoms with Crippen molar-refractivity contribution in [3.8, 4) is 11.8 Å². The van der Waals surface area contributed by atoms with Gasteiger partial charge in [0.25, 0.3) is 0 Å². The number of hydrogen-bond acceptors (Lipinski definition) is 4. The van der Waals surface area contributed by atoms with Crippen LogP contribution in [0.4, 0.5) is 0 Å². The van der Waals surface area contributed by atoms with Crippen molar-refractivity contribution >= 4 is 21.9 Å². The molecular weight excluding hydrogens is 274 g/mol. The summed E-state index contributed by atoms with van der Waals surface area (Å²) in [7, 11) is 2.78. The van der Waals surface area contributed by atoms with Crippen LogP contribution in [-0.4, -0.2) is 20.2 Å². The lowest BCUT2D eigenvalue weighted by molar-refractivity contribution is -0.139. The monoisotopic (exact) mass is 283 g/mol. The van der Waals surface area contributed by atoms with Crippen molar-refractivity contribution in [2.45, 2.75) is 6.42 Å². The zero-order valence-electron chi connectivity index (χ0n) is 8.91. The number of methoxy groups -OCH3 is 2. The highest BCUT2D eigenvalue weighted by Crippen LogP contribution is 2.30. The van der Waals surface area contributed by atoms with Crippen LogP contribution in [0.25, 0.3) is 0 Å². The molecule has 0 fully saturated rings. The van der Waals surface area contributed by atoms with E-state index in [0.717, 1.165) is 0 Å². The summed E-state index contributed by atoms with van der Waals surface area (Å²) >= 11 is 3.31. The van der Waals surface area contributed by atoms with Gasteiger partial charge in [-0.15, -0.1) is 0 Å². The van der Waals surface area contributed by atoms with Gasteiger partial charge in [-0.3, -0.25) is 4.79 Å². The zero-order chi connectivity index (χ0) is 12.1. The van der Waals surface area contributed by atoms with E-state index in [2.05, 4.69) is 20.7 Å². The molecule has 4 nitrogen and oxygen atoms in total. The quantitative estimate of drug-likeness (QED) is 0.797. The Labute approximate surface area is 102 Å². The Morgan fingerprint density at radius 1 is 1.50 bits per heavy atom. The van der Waals surface area contributed by atoms with E-state index in [4.69, 9.17) is 10.00 Å². The summed E-state index contributed by atoms with van der Waals surface area (Å²) in [5, 5.41) is 8.89. The highest BCUT2D eigenvalue weighted by atomic mass is 79.9. The first-order valence-electron chi connectivity index (χ1n) is 4.46. The van der Waals surface area contributed by atoms with E-state index < -0.39 is 0 Å². The predicted octanol–water partition coefficient (Wildman–Crippen LogP) is 2.04. The Morgan fingerprint density at radius 2 is 2.19 bits per heavy atom. The topological polar surface area (TPSA) is 59.3 Å². The van der Waals surface area contributed by atoms with Gasteiger partial charge in [0.1, 0.15) is 11.8 Å². The molecule has 0 unspecified atom stereocenters. The third-order valence-corrected chi connectivity index (χ3v) is 2.82. The van der Waals surface area contributed by atoms with Crippen LogP contribution in [0.1, 0.15) is 11.1 Å². The first kappa shape index (κ1) is 12.5. The molecule has 5 heteroatoms. The SMILES string of the molecule is COC(=O)Cc1c(Br)ccc(C#N)c1OC. The maximum atomic E-state index is 11.2. The average molecular weight is 284 g/mol. The molecule has 0 spiro atoms. The van der Waals surface area contributed by atoms with E-state index in [1.54, 1.807) is 12.1 Å². The molecule has 0 atom stereocenters. The van der Waals surface area contributed by atoms with Gasteiger partial charge in [-0.2, -0.15) is 5.26 Å². The Bertz CT molecular complexity index is 451. The number of ether oxygens (including phenoxy) is 2. The van der Waals surface area contributed by atoms with Crippen LogP contribution >= 0.6 is 15.9 Å². The van der Waals surface area contributed by atoms with Gasteiger partial charge in [0, 0.05) is 10.0 Å². The van der Waals surface area contributed by atoms with E-state index in [0.29, 0.717) is 21.3 Å². The van der Waals surface area contributed by atoms with Crippen LogP contribution in [-0.2, 0) is 16.0 Å². The van der Waals surface area contributed by atoms with E-state index in [9.17, 15) is 4.79 Å². The summed E-state index contributed by atoms with van der Waals surface area (Å²) in [5.74, 6) is 0.0244. The van der Waals surface area contributed by atoms with Gasteiger partial charge in [-0.25, -0.2) is 0 Å². The lowest BCUT2D eigenvalue weighted by Crippen LogP contribution is -2.07. The maximum absolute atomic E-state index is 11.2. The van der Waals surface area contributed by atoms with Crippen molar-refractivity contribution in [3.63, 3.8) is 0 Å². The number of benzene rings is 1. The molecule has 0 aliphatic heterocycles. The van der Waals surface area contributed by atoms with Gasteiger partial charge in [0.15, 0.2) is 0 Å². The predicted molar refractivity (Wildman–Crippen MR) is 61.1 cm³/mol. The number of hydrogen-bond donors (Lipinski definition) is 0. The third kappa shape index (κ3) is 2.52. The van der Waals surface area contributed by atoms with Gasteiger partial charge in [0.2, 0.25) is 0 Å². The second kappa shape index (κ2) is 5.52. The largest absolute Gasteiger partial charge is 0.495 e. The highest BCUT2D eigenvalue weighted by molar-refractivity contribution is 9.10. The summed E-state index contributed by atoms with van der Waals surface area (Å²) < 4.78 is 10.4. The number of carbonyl (C=O) groups is 1. The van der Waals surface area contributed by atoms with Gasteiger partial charge in [0.05, 0.1) is 26.2 Å². The van der Waals surface area contributed by atoms with Crippen molar-refractivity contribution in [3.05, 3.63) is 27.7 Å².